The number of hydrogen-bond acceptors (Lipinski definition) is 5. The SMILES string of the molecule is c1cc(OC2CCN(Cc3cnc(C4CCC4)s3)C2)ccn1. The lowest BCUT2D eigenvalue weighted by Crippen LogP contribution is -2.24. The highest BCUT2D eigenvalue weighted by Crippen LogP contribution is 2.38. The number of likely N-dealkylation sites (tertiary alicyclic amines) is 1. The van der Waals surface area contributed by atoms with Crippen LogP contribution >= 0.6 is 11.3 Å². The molecule has 2 aliphatic rings. The van der Waals surface area contributed by atoms with Crippen molar-refractivity contribution in [1.29, 1.82) is 0 Å². The Morgan fingerprint density at radius 1 is 1.23 bits per heavy atom. The number of rotatable bonds is 5. The van der Waals surface area contributed by atoms with E-state index >= 15 is 0 Å². The van der Waals surface area contributed by atoms with E-state index in [1.165, 1.54) is 29.1 Å². The molecule has 0 bridgehead atoms. The van der Waals surface area contributed by atoms with Crippen molar-refractivity contribution in [2.45, 2.75) is 44.2 Å². The molecule has 3 heterocycles. The Morgan fingerprint density at radius 2 is 2.09 bits per heavy atom. The number of aromatic nitrogens is 2. The molecule has 2 fully saturated rings. The van der Waals surface area contributed by atoms with Gasteiger partial charge in [0.05, 0.1) is 5.01 Å². The van der Waals surface area contributed by atoms with E-state index in [-0.39, 0.29) is 0 Å². The second kappa shape index (κ2) is 6.34. The van der Waals surface area contributed by atoms with Crippen LogP contribution < -0.4 is 4.74 Å². The Bertz CT molecular complexity index is 611. The second-order valence-electron chi connectivity index (χ2n) is 6.24. The lowest BCUT2D eigenvalue weighted by molar-refractivity contribution is 0.198. The van der Waals surface area contributed by atoms with Gasteiger partial charge in [-0.2, -0.15) is 0 Å². The fraction of sp³-hybridized carbons (Fsp3) is 0.529. The third-order valence-corrected chi connectivity index (χ3v) is 5.73. The van der Waals surface area contributed by atoms with Gasteiger partial charge in [0.25, 0.3) is 0 Å². The zero-order chi connectivity index (χ0) is 14.8. The average Bonchev–Trinajstić information content (AvgIpc) is 3.09. The Balaban J connectivity index is 1.30. The maximum atomic E-state index is 6.02. The van der Waals surface area contributed by atoms with E-state index in [4.69, 9.17) is 4.74 Å². The van der Waals surface area contributed by atoms with Gasteiger partial charge in [0, 0.05) is 49.0 Å². The first-order chi connectivity index (χ1) is 10.9. The second-order valence-corrected chi connectivity index (χ2v) is 7.39. The summed E-state index contributed by atoms with van der Waals surface area (Å²) in [6.45, 7) is 3.12. The number of pyridine rings is 1. The fourth-order valence-corrected chi connectivity index (χ4v) is 4.24. The van der Waals surface area contributed by atoms with Gasteiger partial charge in [-0.25, -0.2) is 4.98 Å². The molecular formula is C17H21N3OS. The van der Waals surface area contributed by atoms with Gasteiger partial charge in [0.1, 0.15) is 11.9 Å². The van der Waals surface area contributed by atoms with Crippen LogP contribution in [0, 0.1) is 0 Å². The molecule has 5 heteroatoms. The summed E-state index contributed by atoms with van der Waals surface area (Å²) in [6, 6.07) is 3.85. The highest BCUT2D eigenvalue weighted by molar-refractivity contribution is 7.11. The molecule has 2 aromatic rings. The van der Waals surface area contributed by atoms with Crippen molar-refractivity contribution in [3.05, 3.63) is 40.6 Å². The minimum absolute atomic E-state index is 0.293. The van der Waals surface area contributed by atoms with E-state index in [0.717, 1.165) is 37.7 Å². The number of hydrogen-bond donors (Lipinski definition) is 0. The summed E-state index contributed by atoms with van der Waals surface area (Å²) in [5, 5.41) is 1.35. The minimum Gasteiger partial charge on any atom is -0.489 e. The first kappa shape index (κ1) is 14.2. The first-order valence-corrected chi connectivity index (χ1v) is 8.92. The highest BCUT2D eigenvalue weighted by Gasteiger charge is 2.26. The molecule has 1 saturated heterocycles. The van der Waals surface area contributed by atoms with E-state index < -0.39 is 0 Å². The predicted molar refractivity (Wildman–Crippen MR) is 87.3 cm³/mol. The third-order valence-electron chi connectivity index (χ3n) is 4.59. The van der Waals surface area contributed by atoms with Gasteiger partial charge in [0.15, 0.2) is 0 Å². The Morgan fingerprint density at radius 3 is 2.86 bits per heavy atom. The minimum atomic E-state index is 0.293. The molecule has 4 rings (SSSR count). The average molecular weight is 315 g/mol. The molecule has 1 atom stereocenters. The standard InChI is InChI=1S/C17H21N3OS/c1-2-13(3-1)17-19-10-16(22-17)12-20-9-6-15(11-20)21-14-4-7-18-8-5-14/h4-5,7-8,10,13,15H,1-3,6,9,11-12H2. The Labute approximate surface area is 135 Å². The van der Waals surface area contributed by atoms with Crippen molar-refractivity contribution in [1.82, 2.24) is 14.9 Å². The molecule has 0 amide bonds. The van der Waals surface area contributed by atoms with E-state index in [2.05, 4.69) is 21.1 Å². The van der Waals surface area contributed by atoms with Crippen LogP contribution in [0.5, 0.6) is 5.75 Å². The predicted octanol–water partition coefficient (Wildman–Crippen LogP) is 3.46. The number of ether oxygens (including phenoxy) is 1. The van der Waals surface area contributed by atoms with Crippen molar-refractivity contribution in [3.63, 3.8) is 0 Å². The summed E-state index contributed by atoms with van der Waals surface area (Å²) in [5.41, 5.74) is 0. The molecule has 22 heavy (non-hydrogen) atoms. The van der Waals surface area contributed by atoms with Gasteiger partial charge in [-0.15, -0.1) is 11.3 Å². The zero-order valence-corrected chi connectivity index (χ0v) is 13.5. The van der Waals surface area contributed by atoms with Gasteiger partial charge < -0.3 is 4.74 Å². The van der Waals surface area contributed by atoms with Crippen molar-refractivity contribution < 1.29 is 4.74 Å². The third kappa shape index (κ3) is 3.15. The van der Waals surface area contributed by atoms with Gasteiger partial charge in [-0.05, 0) is 31.4 Å². The van der Waals surface area contributed by atoms with Gasteiger partial charge >= 0.3 is 0 Å². The summed E-state index contributed by atoms with van der Waals surface area (Å²) in [5.74, 6) is 1.67. The van der Waals surface area contributed by atoms with Crippen molar-refractivity contribution in [3.8, 4) is 5.75 Å². The lowest BCUT2D eigenvalue weighted by atomic mass is 9.86. The molecule has 1 aliphatic carbocycles. The molecule has 1 aliphatic heterocycles. The smallest absolute Gasteiger partial charge is 0.122 e. The zero-order valence-electron chi connectivity index (χ0n) is 12.6. The fourth-order valence-electron chi connectivity index (χ4n) is 3.11. The summed E-state index contributed by atoms with van der Waals surface area (Å²) in [6.07, 6.45) is 11.1. The topological polar surface area (TPSA) is 38.2 Å². The number of nitrogens with zero attached hydrogens (tertiary/aromatic N) is 3. The van der Waals surface area contributed by atoms with Crippen LogP contribution in [0.2, 0.25) is 0 Å². The van der Waals surface area contributed by atoms with Crippen LogP contribution in [0.3, 0.4) is 0 Å². The maximum Gasteiger partial charge on any atom is 0.122 e. The molecule has 0 N–H and O–H groups in total. The summed E-state index contributed by atoms with van der Waals surface area (Å²) in [4.78, 5) is 12.5. The van der Waals surface area contributed by atoms with Crippen molar-refractivity contribution in [2.75, 3.05) is 13.1 Å². The molecule has 0 radical (unpaired) electrons. The van der Waals surface area contributed by atoms with E-state index in [9.17, 15) is 0 Å². The van der Waals surface area contributed by atoms with E-state index in [1.54, 1.807) is 12.4 Å². The molecule has 0 aromatic carbocycles. The van der Waals surface area contributed by atoms with Crippen LogP contribution in [0.1, 0.15) is 41.5 Å². The molecule has 116 valence electrons. The van der Waals surface area contributed by atoms with E-state index in [0.29, 0.717) is 6.10 Å². The number of thiazole rings is 1. The molecule has 0 spiro atoms. The van der Waals surface area contributed by atoms with Crippen LogP contribution in [-0.2, 0) is 6.54 Å². The van der Waals surface area contributed by atoms with Crippen molar-refractivity contribution in [2.24, 2.45) is 0 Å². The van der Waals surface area contributed by atoms with Crippen LogP contribution in [0.4, 0.5) is 0 Å². The molecular weight excluding hydrogens is 294 g/mol. The summed E-state index contributed by atoms with van der Waals surface area (Å²) >= 11 is 1.91. The molecule has 1 saturated carbocycles. The van der Waals surface area contributed by atoms with Crippen LogP contribution in [0.15, 0.2) is 30.7 Å². The molecule has 4 nitrogen and oxygen atoms in total. The van der Waals surface area contributed by atoms with Crippen LogP contribution in [0.25, 0.3) is 0 Å². The van der Waals surface area contributed by atoms with Crippen LogP contribution in [-0.4, -0.2) is 34.1 Å². The van der Waals surface area contributed by atoms with Crippen molar-refractivity contribution >= 4 is 11.3 Å². The monoisotopic (exact) mass is 315 g/mol. The van der Waals surface area contributed by atoms with Gasteiger partial charge in [-0.1, -0.05) is 6.42 Å². The van der Waals surface area contributed by atoms with Gasteiger partial charge in [-0.3, -0.25) is 9.88 Å². The largest absolute Gasteiger partial charge is 0.489 e. The maximum absolute atomic E-state index is 6.02. The molecule has 2 aromatic heterocycles. The Kier molecular flexibility index (Phi) is 4.08. The lowest BCUT2D eigenvalue weighted by Gasteiger charge is -2.22. The quantitative estimate of drug-likeness (QED) is 0.847. The summed E-state index contributed by atoms with van der Waals surface area (Å²) < 4.78 is 6.02. The van der Waals surface area contributed by atoms with Gasteiger partial charge in [0.2, 0.25) is 0 Å². The highest BCUT2D eigenvalue weighted by atomic mass is 32.1. The molecule has 1 unspecified atom stereocenters. The normalized spacial score (nSPS) is 22.6. The first-order valence-electron chi connectivity index (χ1n) is 8.10. The Hall–Kier alpha value is -1.46. The van der Waals surface area contributed by atoms with E-state index in [1.807, 2.05) is 23.5 Å². The summed E-state index contributed by atoms with van der Waals surface area (Å²) in [7, 11) is 0.